The van der Waals surface area contributed by atoms with Crippen LogP contribution in [-0.2, 0) is 10.0 Å². The van der Waals surface area contributed by atoms with Gasteiger partial charge in [-0.25, -0.2) is 17.1 Å². The molecule has 0 aliphatic heterocycles. The lowest BCUT2D eigenvalue weighted by Crippen LogP contribution is -2.29. The summed E-state index contributed by atoms with van der Waals surface area (Å²) in [5.74, 6) is -0.602. The van der Waals surface area contributed by atoms with Crippen LogP contribution in [-0.4, -0.2) is 38.0 Å². The number of nitrogen functional groups attached to an aromatic ring is 1. The Morgan fingerprint density at radius 1 is 1.29 bits per heavy atom. The number of aliphatic hydroxyl groups is 1. The Bertz CT molecular complexity index is 603. The van der Waals surface area contributed by atoms with E-state index in [0.717, 1.165) is 12.5 Å². The topological polar surface area (TPSA) is 83.6 Å². The highest BCUT2D eigenvalue weighted by Crippen LogP contribution is 2.29. The van der Waals surface area contributed by atoms with Gasteiger partial charge in [0, 0.05) is 20.2 Å². The molecule has 3 N–H and O–H groups in total. The summed E-state index contributed by atoms with van der Waals surface area (Å²) in [7, 11) is -2.21. The first-order valence-corrected chi connectivity index (χ1v) is 8.29. The van der Waals surface area contributed by atoms with E-state index in [-0.39, 0.29) is 22.8 Å². The molecule has 0 amide bonds. The lowest BCUT2D eigenvalue weighted by atomic mass is 10.1. The van der Waals surface area contributed by atoms with Crippen LogP contribution in [0.3, 0.4) is 0 Å². The maximum absolute atomic E-state index is 13.5. The molecular weight excluding hydrogens is 295 g/mol. The zero-order valence-electron chi connectivity index (χ0n) is 12.7. The molecule has 0 saturated heterocycles. The number of hydrogen-bond donors (Lipinski definition) is 2. The average Bonchev–Trinajstić information content (AvgIpc) is 2.40. The summed E-state index contributed by atoms with van der Waals surface area (Å²) >= 11 is 0. The minimum absolute atomic E-state index is 0.0751. The van der Waals surface area contributed by atoms with Crippen LogP contribution in [0.4, 0.5) is 10.1 Å². The van der Waals surface area contributed by atoms with Crippen molar-refractivity contribution in [2.45, 2.75) is 38.0 Å². The van der Waals surface area contributed by atoms with Crippen LogP contribution in [0.25, 0.3) is 0 Å². The summed E-state index contributed by atoms with van der Waals surface area (Å²) < 4.78 is 40.0. The molecule has 0 heterocycles. The first-order chi connectivity index (χ1) is 9.73. The number of unbranched alkanes of at least 4 members (excludes halogenated alkanes) is 2. The highest BCUT2D eigenvalue weighted by molar-refractivity contribution is 7.89. The van der Waals surface area contributed by atoms with Crippen LogP contribution in [0.1, 0.15) is 30.4 Å². The number of sulfonamides is 1. The Kier molecular flexibility index (Phi) is 6.12. The number of halogens is 1. The number of hydrogen-bond acceptors (Lipinski definition) is 4. The Balaban J connectivity index is 3.06. The van der Waals surface area contributed by atoms with Crippen LogP contribution >= 0.6 is 0 Å². The molecule has 1 aromatic carbocycles. The molecule has 0 aliphatic carbocycles. The third-order valence-corrected chi connectivity index (χ3v) is 5.65. The van der Waals surface area contributed by atoms with E-state index in [1.807, 2.05) is 0 Å². The molecule has 0 spiro atoms. The molecule has 0 atom stereocenters. The van der Waals surface area contributed by atoms with Crippen molar-refractivity contribution < 1.29 is 17.9 Å². The van der Waals surface area contributed by atoms with Crippen LogP contribution in [0.5, 0.6) is 0 Å². The Labute approximate surface area is 125 Å². The van der Waals surface area contributed by atoms with Crippen molar-refractivity contribution in [1.82, 2.24) is 4.31 Å². The van der Waals surface area contributed by atoms with E-state index >= 15 is 0 Å². The molecule has 21 heavy (non-hydrogen) atoms. The standard InChI is InChI=1S/C14H23FN2O3S/c1-10-9-12(15)13(16)11(2)14(10)21(19,20)17(3)7-5-4-6-8-18/h9,18H,4-8,16H2,1-3H3. The van der Waals surface area contributed by atoms with E-state index in [1.54, 1.807) is 6.92 Å². The third-order valence-electron chi connectivity index (χ3n) is 3.50. The van der Waals surface area contributed by atoms with Gasteiger partial charge in [0.25, 0.3) is 0 Å². The second-order valence-corrected chi connectivity index (χ2v) is 7.14. The number of nitrogens with zero attached hydrogens (tertiary/aromatic N) is 1. The molecule has 0 aromatic heterocycles. The van der Waals surface area contributed by atoms with Crippen molar-refractivity contribution in [2.24, 2.45) is 0 Å². The van der Waals surface area contributed by atoms with Crippen molar-refractivity contribution >= 4 is 15.7 Å². The van der Waals surface area contributed by atoms with Crippen molar-refractivity contribution in [3.05, 3.63) is 23.0 Å². The van der Waals surface area contributed by atoms with Gasteiger partial charge in [-0.1, -0.05) is 0 Å². The molecule has 0 aliphatic rings. The van der Waals surface area contributed by atoms with E-state index < -0.39 is 15.8 Å². The maximum Gasteiger partial charge on any atom is 0.243 e. The molecule has 0 radical (unpaired) electrons. The zero-order chi connectivity index (χ0) is 16.2. The predicted octanol–water partition coefficient (Wildman–Crippen LogP) is 1.81. The fourth-order valence-electron chi connectivity index (χ4n) is 2.23. The quantitative estimate of drug-likeness (QED) is 0.593. The van der Waals surface area contributed by atoms with Crippen LogP contribution in [0.15, 0.2) is 11.0 Å². The molecule has 0 unspecified atom stereocenters. The highest BCUT2D eigenvalue weighted by atomic mass is 32.2. The molecule has 120 valence electrons. The third kappa shape index (κ3) is 3.93. The van der Waals surface area contributed by atoms with Gasteiger partial charge in [-0.05, 0) is 50.3 Å². The molecule has 0 bridgehead atoms. The Morgan fingerprint density at radius 3 is 2.48 bits per heavy atom. The first kappa shape index (κ1) is 17.9. The fraction of sp³-hybridized carbons (Fsp3) is 0.571. The predicted molar refractivity (Wildman–Crippen MR) is 81.0 cm³/mol. The van der Waals surface area contributed by atoms with Crippen molar-refractivity contribution in [2.75, 3.05) is 25.9 Å². The normalized spacial score (nSPS) is 12.1. The molecule has 1 aromatic rings. The monoisotopic (exact) mass is 318 g/mol. The van der Waals surface area contributed by atoms with Gasteiger partial charge in [0.2, 0.25) is 10.0 Å². The van der Waals surface area contributed by atoms with Gasteiger partial charge in [-0.15, -0.1) is 0 Å². The van der Waals surface area contributed by atoms with E-state index in [2.05, 4.69) is 0 Å². The SMILES string of the molecule is Cc1cc(F)c(N)c(C)c1S(=O)(=O)N(C)CCCCCO. The fourth-order valence-corrected chi connectivity index (χ4v) is 3.87. The lowest BCUT2D eigenvalue weighted by Gasteiger charge is -2.21. The number of anilines is 1. The summed E-state index contributed by atoms with van der Waals surface area (Å²) in [4.78, 5) is 0.0751. The Hall–Kier alpha value is -1.18. The lowest BCUT2D eigenvalue weighted by molar-refractivity contribution is 0.281. The molecule has 5 nitrogen and oxygen atoms in total. The first-order valence-electron chi connectivity index (χ1n) is 6.85. The van der Waals surface area contributed by atoms with E-state index in [1.165, 1.54) is 18.3 Å². The van der Waals surface area contributed by atoms with Crippen LogP contribution < -0.4 is 5.73 Å². The van der Waals surface area contributed by atoms with Gasteiger partial charge in [0.1, 0.15) is 5.82 Å². The zero-order valence-corrected chi connectivity index (χ0v) is 13.5. The van der Waals surface area contributed by atoms with E-state index in [9.17, 15) is 12.8 Å². The maximum atomic E-state index is 13.5. The molecule has 7 heteroatoms. The summed E-state index contributed by atoms with van der Waals surface area (Å²) in [6.45, 7) is 3.52. The van der Waals surface area contributed by atoms with Crippen molar-refractivity contribution in [3.63, 3.8) is 0 Å². The molecular formula is C14H23FN2O3S. The number of benzene rings is 1. The van der Waals surface area contributed by atoms with Crippen LogP contribution in [0.2, 0.25) is 0 Å². The van der Waals surface area contributed by atoms with Gasteiger partial charge in [0.05, 0.1) is 10.6 Å². The molecule has 1 rings (SSSR count). The summed E-state index contributed by atoms with van der Waals surface area (Å²) in [6, 6.07) is 1.15. The van der Waals surface area contributed by atoms with Gasteiger partial charge in [0.15, 0.2) is 0 Å². The molecule has 0 fully saturated rings. The van der Waals surface area contributed by atoms with E-state index in [4.69, 9.17) is 10.8 Å². The minimum Gasteiger partial charge on any atom is -0.396 e. The second kappa shape index (κ2) is 7.20. The summed E-state index contributed by atoms with van der Waals surface area (Å²) in [5, 5.41) is 8.72. The van der Waals surface area contributed by atoms with Crippen molar-refractivity contribution in [3.8, 4) is 0 Å². The Morgan fingerprint density at radius 2 is 1.90 bits per heavy atom. The van der Waals surface area contributed by atoms with Gasteiger partial charge < -0.3 is 10.8 Å². The number of aryl methyl sites for hydroxylation is 1. The number of aliphatic hydroxyl groups excluding tert-OH is 1. The number of nitrogens with two attached hydrogens (primary N) is 1. The van der Waals surface area contributed by atoms with E-state index in [0.29, 0.717) is 24.9 Å². The van der Waals surface area contributed by atoms with Gasteiger partial charge >= 0.3 is 0 Å². The summed E-state index contributed by atoms with van der Waals surface area (Å²) in [6.07, 6.45) is 2.06. The second-order valence-electron chi connectivity index (χ2n) is 5.15. The minimum atomic E-state index is -3.70. The smallest absolute Gasteiger partial charge is 0.243 e. The number of rotatable bonds is 7. The average molecular weight is 318 g/mol. The van der Waals surface area contributed by atoms with Gasteiger partial charge in [-0.3, -0.25) is 0 Å². The largest absolute Gasteiger partial charge is 0.396 e. The molecule has 0 saturated carbocycles. The van der Waals surface area contributed by atoms with Crippen molar-refractivity contribution in [1.29, 1.82) is 0 Å². The highest BCUT2D eigenvalue weighted by Gasteiger charge is 2.26. The van der Waals surface area contributed by atoms with Gasteiger partial charge in [-0.2, -0.15) is 0 Å². The van der Waals surface area contributed by atoms with Crippen LogP contribution in [0, 0.1) is 19.7 Å². The summed E-state index contributed by atoms with van der Waals surface area (Å²) in [5.41, 5.74) is 6.06.